The lowest BCUT2D eigenvalue weighted by Gasteiger charge is -2.34. The molecule has 3 aromatic rings. The number of benzene rings is 3. The Morgan fingerprint density at radius 3 is 2.15 bits per heavy atom. The van der Waals surface area contributed by atoms with Crippen LogP contribution < -0.4 is 9.62 Å². The quantitative estimate of drug-likeness (QED) is 0.330. The maximum atomic E-state index is 14.1. The maximum absolute atomic E-state index is 14.1. The zero-order valence-corrected chi connectivity index (χ0v) is 25.4. The summed E-state index contributed by atoms with van der Waals surface area (Å²) in [5, 5.41) is 2.96. The third-order valence-corrected chi connectivity index (χ3v) is 8.44. The van der Waals surface area contributed by atoms with E-state index in [2.05, 4.69) is 21.2 Å². The normalized spacial score (nSPS) is 12.2. The Morgan fingerprint density at radius 1 is 0.923 bits per heavy atom. The van der Waals surface area contributed by atoms with Crippen molar-refractivity contribution in [1.82, 2.24) is 10.2 Å². The first-order valence-corrected chi connectivity index (χ1v) is 15.4. The Kier molecular flexibility index (Phi) is 10.3. The van der Waals surface area contributed by atoms with E-state index in [1.54, 1.807) is 18.2 Å². The minimum atomic E-state index is -3.81. The molecule has 1 N–H and O–H groups in total. The van der Waals surface area contributed by atoms with E-state index in [0.717, 1.165) is 37.3 Å². The minimum absolute atomic E-state index is 0.135. The fourth-order valence-corrected chi connectivity index (χ4v) is 5.39. The molecule has 0 saturated heterocycles. The summed E-state index contributed by atoms with van der Waals surface area (Å²) in [6.45, 7) is 7.26. The van der Waals surface area contributed by atoms with Crippen LogP contribution in [0.4, 0.5) is 5.69 Å². The van der Waals surface area contributed by atoms with Gasteiger partial charge in [0.15, 0.2) is 0 Å². The number of hydrogen-bond donors (Lipinski definition) is 1. The molecule has 3 rings (SSSR count). The predicted molar refractivity (Wildman–Crippen MR) is 160 cm³/mol. The van der Waals surface area contributed by atoms with Gasteiger partial charge in [-0.1, -0.05) is 70.5 Å². The average molecular weight is 615 g/mol. The zero-order chi connectivity index (χ0) is 28.7. The zero-order valence-electron chi connectivity index (χ0n) is 23.0. The van der Waals surface area contributed by atoms with Gasteiger partial charge in [0.2, 0.25) is 21.8 Å². The van der Waals surface area contributed by atoms with E-state index in [9.17, 15) is 18.0 Å². The summed E-state index contributed by atoms with van der Waals surface area (Å²) < 4.78 is 27.7. The third-order valence-electron chi connectivity index (χ3n) is 6.41. The van der Waals surface area contributed by atoms with Crippen molar-refractivity contribution >= 4 is 43.5 Å². The number of amides is 2. The molecule has 0 fully saturated rings. The molecule has 0 spiro atoms. The topological polar surface area (TPSA) is 86.8 Å². The fraction of sp³-hybridized carbons (Fsp3) is 0.333. The number of halogens is 1. The Labute approximate surface area is 240 Å². The molecule has 0 aliphatic carbocycles. The molecule has 39 heavy (non-hydrogen) atoms. The van der Waals surface area contributed by atoms with Gasteiger partial charge >= 0.3 is 0 Å². The molecule has 9 heteroatoms. The van der Waals surface area contributed by atoms with Crippen molar-refractivity contribution < 1.29 is 18.0 Å². The van der Waals surface area contributed by atoms with Crippen LogP contribution in [-0.2, 0) is 32.6 Å². The number of anilines is 1. The van der Waals surface area contributed by atoms with Crippen molar-refractivity contribution in [1.29, 1.82) is 0 Å². The number of carbonyl (C=O) groups is 2. The lowest BCUT2D eigenvalue weighted by Crippen LogP contribution is -2.54. The summed E-state index contributed by atoms with van der Waals surface area (Å²) in [4.78, 5) is 29.2. The van der Waals surface area contributed by atoms with E-state index in [0.29, 0.717) is 5.69 Å². The molecule has 208 valence electrons. The highest BCUT2D eigenvalue weighted by Gasteiger charge is 2.33. The van der Waals surface area contributed by atoms with Gasteiger partial charge in [-0.25, -0.2) is 8.42 Å². The molecule has 0 unspecified atom stereocenters. The highest BCUT2D eigenvalue weighted by Crippen LogP contribution is 2.25. The maximum Gasteiger partial charge on any atom is 0.244 e. The molecular weight excluding hydrogens is 578 g/mol. The molecule has 0 saturated carbocycles. The van der Waals surface area contributed by atoms with Gasteiger partial charge in [-0.2, -0.15) is 0 Å². The SMILES string of the molecule is Cc1cc(N(CC(=O)N(Cc2ccccc2C)[C@H](Cc2ccccc2)C(=O)NC(C)C)S(C)(=O)=O)ccc1Br. The van der Waals surface area contributed by atoms with Gasteiger partial charge in [-0.05, 0) is 68.1 Å². The summed E-state index contributed by atoms with van der Waals surface area (Å²) in [6.07, 6.45) is 1.36. The summed E-state index contributed by atoms with van der Waals surface area (Å²) in [5.74, 6) is -0.759. The Hall–Kier alpha value is -3.17. The summed E-state index contributed by atoms with van der Waals surface area (Å²) in [7, 11) is -3.81. The standard InChI is InChI=1S/C30H36BrN3O4S/c1-21(2)32-30(36)28(18-24-12-7-6-8-13-24)33(19-25-14-10-9-11-22(25)3)29(35)20-34(39(5,37)38)26-15-16-27(31)23(4)17-26/h6-17,21,28H,18-20H2,1-5H3,(H,32,36)/t28-/m1/s1. The van der Waals surface area contributed by atoms with Crippen molar-refractivity contribution in [2.45, 2.75) is 52.7 Å². The number of sulfonamides is 1. The number of nitrogens with zero attached hydrogens (tertiary/aromatic N) is 2. The second-order valence-electron chi connectivity index (χ2n) is 10.0. The highest BCUT2D eigenvalue weighted by molar-refractivity contribution is 9.10. The van der Waals surface area contributed by atoms with Gasteiger partial charge < -0.3 is 10.2 Å². The van der Waals surface area contributed by atoms with Crippen molar-refractivity contribution in [3.63, 3.8) is 0 Å². The van der Waals surface area contributed by atoms with Crippen LogP contribution >= 0.6 is 15.9 Å². The van der Waals surface area contributed by atoms with Gasteiger partial charge in [0, 0.05) is 23.5 Å². The van der Waals surface area contributed by atoms with Crippen molar-refractivity contribution in [3.05, 3.63) is 99.5 Å². The Bertz CT molecular complexity index is 1410. The lowest BCUT2D eigenvalue weighted by atomic mass is 10.0. The average Bonchev–Trinajstić information content (AvgIpc) is 2.87. The minimum Gasteiger partial charge on any atom is -0.352 e. The summed E-state index contributed by atoms with van der Waals surface area (Å²) >= 11 is 3.45. The van der Waals surface area contributed by atoms with Crippen molar-refractivity contribution in [2.75, 3.05) is 17.1 Å². The van der Waals surface area contributed by atoms with Crippen LogP contribution in [-0.4, -0.2) is 50.0 Å². The van der Waals surface area contributed by atoms with Crippen LogP contribution in [0.5, 0.6) is 0 Å². The van der Waals surface area contributed by atoms with Gasteiger partial charge in [0.1, 0.15) is 12.6 Å². The molecule has 0 radical (unpaired) electrons. The van der Waals surface area contributed by atoms with E-state index in [1.807, 2.05) is 82.3 Å². The van der Waals surface area contributed by atoms with E-state index in [4.69, 9.17) is 0 Å². The van der Waals surface area contributed by atoms with Crippen LogP contribution in [0.1, 0.15) is 36.1 Å². The van der Waals surface area contributed by atoms with Gasteiger partial charge in [0.05, 0.1) is 11.9 Å². The van der Waals surface area contributed by atoms with Gasteiger partial charge in [-0.3, -0.25) is 13.9 Å². The second-order valence-corrected chi connectivity index (χ2v) is 12.8. The molecule has 3 aromatic carbocycles. The van der Waals surface area contributed by atoms with Crippen LogP contribution in [0.25, 0.3) is 0 Å². The first kappa shape index (κ1) is 30.4. The summed E-state index contributed by atoms with van der Waals surface area (Å²) in [6, 6.07) is 21.3. The number of aryl methyl sites for hydroxylation is 2. The van der Waals surface area contributed by atoms with E-state index in [-0.39, 0.29) is 24.9 Å². The first-order valence-electron chi connectivity index (χ1n) is 12.8. The molecule has 7 nitrogen and oxygen atoms in total. The monoisotopic (exact) mass is 613 g/mol. The highest BCUT2D eigenvalue weighted by atomic mass is 79.9. The number of carbonyl (C=O) groups excluding carboxylic acids is 2. The largest absolute Gasteiger partial charge is 0.352 e. The third kappa shape index (κ3) is 8.41. The Balaban J connectivity index is 2.08. The van der Waals surface area contributed by atoms with Crippen molar-refractivity contribution in [2.24, 2.45) is 0 Å². The number of rotatable bonds is 11. The number of nitrogens with one attached hydrogen (secondary N) is 1. The Morgan fingerprint density at radius 2 is 1.56 bits per heavy atom. The lowest BCUT2D eigenvalue weighted by molar-refractivity contribution is -0.140. The molecular formula is C30H36BrN3O4S. The second kappa shape index (κ2) is 13.3. The molecule has 0 bridgehead atoms. The smallest absolute Gasteiger partial charge is 0.244 e. The molecule has 0 aliphatic heterocycles. The van der Waals surface area contributed by atoms with Crippen LogP contribution in [0.3, 0.4) is 0 Å². The summed E-state index contributed by atoms with van der Waals surface area (Å²) in [5.41, 5.74) is 3.97. The van der Waals surface area contributed by atoms with Crippen molar-refractivity contribution in [3.8, 4) is 0 Å². The van der Waals surface area contributed by atoms with Gasteiger partial charge in [0.25, 0.3) is 0 Å². The van der Waals surface area contributed by atoms with Gasteiger partial charge in [-0.15, -0.1) is 0 Å². The van der Waals surface area contributed by atoms with E-state index >= 15 is 0 Å². The molecule has 0 aromatic heterocycles. The first-order chi connectivity index (χ1) is 18.4. The number of hydrogen-bond acceptors (Lipinski definition) is 4. The van der Waals surface area contributed by atoms with E-state index in [1.165, 1.54) is 4.90 Å². The molecule has 0 heterocycles. The van der Waals surface area contributed by atoms with E-state index < -0.39 is 28.5 Å². The van der Waals surface area contributed by atoms with Crippen LogP contribution in [0, 0.1) is 13.8 Å². The van der Waals surface area contributed by atoms with Crippen LogP contribution in [0.2, 0.25) is 0 Å². The predicted octanol–water partition coefficient (Wildman–Crippen LogP) is 5.00. The fourth-order valence-electron chi connectivity index (χ4n) is 4.30. The molecule has 0 aliphatic rings. The van der Waals surface area contributed by atoms with Crippen LogP contribution in [0.15, 0.2) is 77.3 Å². The molecule has 2 amide bonds. The molecule has 1 atom stereocenters.